The molecule has 0 radical (unpaired) electrons. The first-order valence-corrected chi connectivity index (χ1v) is 6.90. The number of aldehydes is 1. The van der Waals surface area contributed by atoms with Crippen molar-refractivity contribution in [3.63, 3.8) is 0 Å². The molecule has 0 saturated heterocycles. The van der Waals surface area contributed by atoms with Crippen molar-refractivity contribution in [2.75, 3.05) is 14.2 Å². The van der Waals surface area contributed by atoms with Crippen molar-refractivity contribution in [2.45, 2.75) is 31.2 Å². The number of halogens is 3. The number of hydrogen-bond donors (Lipinski definition) is 0. The van der Waals surface area contributed by atoms with Crippen LogP contribution in [0.25, 0.3) is 0 Å². The van der Waals surface area contributed by atoms with E-state index in [-0.39, 0.29) is 23.3 Å². The number of hydrogen-bond acceptors (Lipinski definition) is 5. The molecule has 116 valence electrons. The fraction of sp³-hybridized carbons (Fsp3) is 0.538. The predicted molar refractivity (Wildman–Crippen MR) is 73.1 cm³/mol. The third-order valence-electron chi connectivity index (χ3n) is 3.23. The van der Waals surface area contributed by atoms with Gasteiger partial charge < -0.3 is 9.64 Å². The molecule has 8 heteroatoms. The Bertz CT molecular complexity index is 477. The van der Waals surface area contributed by atoms with Crippen LogP contribution in [-0.4, -0.2) is 43.7 Å². The van der Waals surface area contributed by atoms with Gasteiger partial charge in [0.25, 0.3) is 0 Å². The van der Waals surface area contributed by atoms with Crippen LogP contribution >= 0.6 is 11.8 Å². The molecule has 1 aliphatic carbocycles. The van der Waals surface area contributed by atoms with Gasteiger partial charge in [0.1, 0.15) is 5.40 Å². The zero-order valence-electron chi connectivity index (χ0n) is 11.6. The van der Waals surface area contributed by atoms with Gasteiger partial charge in [0.15, 0.2) is 6.29 Å². The summed E-state index contributed by atoms with van der Waals surface area (Å²) < 4.78 is 42.8. The van der Waals surface area contributed by atoms with Gasteiger partial charge in [-0.05, 0) is 30.7 Å². The van der Waals surface area contributed by atoms with Gasteiger partial charge in [-0.25, -0.2) is 0 Å². The molecule has 0 aliphatic heterocycles. The number of nitriles is 1. The van der Waals surface area contributed by atoms with E-state index in [4.69, 9.17) is 10.00 Å². The molecule has 21 heavy (non-hydrogen) atoms. The van der Waals surface area contributed by atoms with E-state index in [2.05, 4.69) is 0 Å². The van der Waals surface area contributed by atoms with Crippen LogP contribution in [0, 0.1) is 10.7 Å². The van der Waals surface area contributed by atoms with E-state index < -0.39 is 11.7 Å². The van der Waals surface area contributed by atoms with E-state index >= 15 is 0 Å². The molecule has 0 bridgehead atoms. The number of carbonyl (C=O) groups is 1. The van der Waals surface area contributed by atoms with Crippen LogP contribution in [0.2, 0.25) is 0 Å². The Morgan fingerprint density at radius 1 is 1.48 bits per heavy atom. The van der Waals surface area contributed by atoms with Gasteiger partial charge in [0.2, 0.25) is 0 Å². The second-order valence-corrected chi connectivity index (χ2v) is 5.45. The number of methoxy groups -OCH3 is 1. The van der Waals surface area contributed by atoms with E-state index in [9.17, 15) is 18.0 Å². The van der Waals surface area contributed by atoms with Crippen LogP contribution in [0.15, 0.2) is 22.8 Å². The van der Waals surface area contributed by atoms with Crippen molar-refractivity contribution in [3.8, 4) is 5.40 Å². The molecular formula is C13H15F3N2O2S. The zero-order chi connectivity index (χ0) is 16.0. The summed E-state index contributed by atoms with van der Waals surface area (Å²) in [5.41, 5.74) is -1.31. The Morgan fingerprint density at radius 2 is 2.10 bits per heavy atom. The van der Waals surface area contributed by atoms with Crippen LogP contribution in [0.1, 0.15) is 12.8 Å². The first-order valence-electron chi connectivity index (χ1n) is 6.08. The maximum atomic E-state index is 12.5. The molecule has 0 atom stereocenters. The van der Waals surface area contributed by atoms with Gasteiger partial charge in [0, 0.05) is 31.3 Å². The average molecular weight is 320 g/mol. The third-order valence-corrected chi connectivity index (χ3v) is 3.78. The van der Waals surface area contributed by atoms with Crippen molar-refractivity contribution in [1.29, 1.82) is 5.26 Å². The number of ether oxygens (including phenoxy) is 1. The van der Waals surface area contributed by atoms with Crippen molar-refractivity contribution >= 4 is 18.0 Å². The average Bonchev–Trinajstić information content (AvgIpc) is 2.33. The van der Waals surface area contributed by atoms with Crippen LogP contribution in [0.3, 0.4) is 0 Å². The number of carbonyl (C=O) groups excluding carboxylic acids is 1. The lowest BCUT2D eigenvalue weighted by Crippen LogP contribution is -2.43. The zero-order valence-corrected chi connectivity index (χ0v) is 12.4. The molecule has 1 fully saturated rings. The van der Waals surface area contributed by atoms with E-state index in [0.29, 0.717) is 17.8 Å². The predicted octanol–water partition coefficient (Wildman–Crippen LogP) is 2.84. The van der Waals surface area contributed by atoms with E-state index in [1.165, 1.54) is 6.20 Å². The standard InChI is InChI=1S/C13H15F3N2O2S/c1-18(10-4-11(5-10)20-2)6-12(21-8-17)3-9(7-19)13(14,15)16/h3,6-7,10-11H,4-5H2,1-2H3/b9-3+,12-6+. The van der Waals surface area contributed by atoms with Gasteiger partial charge in [-0.15, -0.1) is 0 Å². The molecule has 0 aromatic heterocycles. The van der Waals surface area contributed by atoms with Crippen LogP contribution in [0.5, 0.6) is 0 Å². The Balaban J connectivity index is 2.86. The fourth-order valence-corrected chi connectivity index (χ4v) is 2.36. The molecule has 0 aromatic rings. The summed E-state index contributed by atoms with van der Waals surface area (Å²) in [6.45, 7) is 0. The Labute approximate surface area is 125 Å². The smallest absolute Gasteiger partial charge is 0.381 e. The highest BCUT2D eigenvalue weighted by molar-refractivity contribution is 8.07. The topological polar surface area (TPSA) is 53.3 Å². The largest absolute Gasteiger partial charge is 0.419 e. The minimum Gasteiger partial charge on any atom is -0.381 e. The summed E-state index contributed by atoms with van der Waals surface area (Å²) in [6, 6.07) is 0.156. The van der Waals surface area contributed by atoms with Gasteiger partial charge in [-0.3, -0.25) is 4.79 Å². The molecule has 0 unspecified atom stereocenters. The lowest BCUT2D eigenvalue weighted by molar-refractivity contribution is -0.119. The van der Waals surface area contributed by atoms with E-state index in [1.807, 2.05) is 0 Å². The number of alkyl halides is 3. The highest BCUT2D eigenvalue weighted by Gasteiger charge is 2.34. The number of nitrogens with zero attached hydrogens (tertiary/aromatic N) is 2. The SMILES string of the molecule is COC1CC(N(C)/C=C(\C=C(/C=O)C(F)(F)F)SC#N)C1. The lowest BCUT2D eigenvalue weighted by Gasteiger charge is -2.40. The fourth-order valence-electron chi connectivity index (χ4n) is 1.85. The second-order valence-electron chi connectivity index (χ2n) is 4.59. The third kappa shape index (κ3) is 5.10. The van der Waals surface area contributed by atoms with Crippen molar-refractivity contribution < 1.29 is 22.7 Å². The maximum absolute atomic E-state index is 12.5. The molecule has 0 aromatic carbocycles. The summed E-state index contributed by atoms with van der Waals surface area (Å²) >= 11 is 0.582. The van der Waals surface area contributed by atoms with E-state index in [1.54, 1.807) is 24.5 Å². The number of thiocyanates is 1. The summed E-state index contributed by atoms with van der Waals surface area (Å²) in [7, 11) is 3.33. The number of rotatable bonds is 6. The van der Waals surface area contributed by atoms with Gasteiger partial charge in [-0.2, -0.15) is 18.4 Å². The summed E-state index contributed by atoms with van der Waals surface area (Å²) in [5.74, 6) is 0. The maximum Gasteiger partial charge on any atom is 0.419 e. The Morgan fingerprint density at radius 3 is 2.52 bits per heavy atom. The van der Waals surface area contributed by atoms with Gasteiger partial charge in [-0.1, -0.05) is 0 Å². The van der Waals surface area contributed by atoms with Crippen LogP contribution in [-0.2, 0) is 9.53 Å². The lowest BCUT2D eigenvalue weighted by atomic mass is 9.88. The van der Waals surface area contributed by atoms with Gasteiger partial charge in [0.05, 0.1) is 11.7 Å². The quantitative estimate of drug-likeness (QED) is 0.326. The first kappa shape index (κ1) is 17.6. The Kier molecular flexibility index (Phi) is 6.30. The first-order chi connectivity index (χ1) is 9.81. The van der Waals surface area contributed by atoms with Crippen LogP contribution in [0.4, 0.5) is 13.2 Å². The van der Waals surface area contributed by atoms with Gasteiger partial charge >= 0.3 is 6.18 Å². The number of thioether (sulfide) groups is 1. The summed E-state index contributed by atoms with van der Waals surface area (Å²) in [6.07, 6.45) is -1.14. The van der Waals surface area contributed by atoms with Crippen LogP contribution < -0.4 is 0 Å². The summed E-state index contributed by atoms with van der Waals surface area (Å²) in [4.78, 5) is 12.3. The van der Waals surface area contributed by atoms with E-state index in [0.717, 1.165) is 12.8 Å². The molecule has 0 spiro atoms. The molecule has 1 rings (SSSR count). The molecular weight excluding hydrogens is 305 g/mol. The highest BCUT2D eigenvalue weighted by Crippen LogP contribution is 2.31. The minimum absolute atomic E-state index is 0.0697. The molecule has 4 nitrogen and oxygen atoms in total. The Hall–Kier alpha value is -1.46. The molecule has 0 N–H and O–H groups in total. The van der Waals surface area contributed by atoms with Crippen molar-refractivity contribution in [3.05, 3.63) is 22.8 Å². The monoisotopic (exact) mass is 320 g/mol. The van der Waals surface area contributed by atoms with Crippen molar-refractivity contribution in [2.24, 2.45) is 0 Å². The summed E-state index contributed by atoms with van der Waals surface area (Å²) in [5, 5.41) is 10.4. The molecule has 0 amide bonds. The normalized spacial score (nSPS) is 23.2. The minimum atomic E-state index is -4.73. The van der Waals surface area contributed by atoms with Crippen molar-refractivity contribution in [1.82, 2.24) is 4.90 Å². The molecule has 1 saturated carbocycles. The highest BCUT2D eigenvalue weighted by atomic mass is 32.2. The molecule has 1 aliphatic rings. The molecule has 0 heterocycles. The number of allylic oxidation sites excluding steroid dienone is 2. The second kappa shape index (κ2) is 7.52.